The molecule has 15 atom stereocenters. The lowest BCUT2D eigenvalue weighted by Gasteiger charge is -2.50. The topological polar surface area (TPSA) is 318 Å². The Bertz CT molecular complexity index is 3940. The van der Waals surface area contributed by atoms with Gasteiger partial charge in [-0.15, -0.1) is 0 Å². The van der Waals surface area contributed by atoms with E-state index in [0.29, 0.717) is 5.56 Å². The average Bonchev–Trinajstić information content (AvgIpc) is 0.756. The molecule has 0 aliphatic carbocycles. The highest BCUT2D eigenvalue weighted by atomic mass is 16.8. The second kappa shape index (κ2) is 35.2. The highest BCUT2D eigenvalue weighted by Crippen LogP contribution is 2.40. The van der Waals surface area contributed by atoms with E-state index >= 15 is 4.79 Å². The van der Waals surface area contributed by atoms with E-state index in [2.05, 4.69) is 0 Å². The van der Waals surface area contributed by atoms with Crippen LogP contribution >= 0.6 is 0 Å². The minimum Gasteiger partial charge on any atom is -0.463 e. The highest BCUT2D eigenvalue weighted by Gasteiger charge is 2.61. The van der Waals surface area contributed by atoms with Crippen molar-refractivity contribution in [3.63, 3.8) is 0 Å². The quantitative estimate of drug-likeness (QED) is 0.0365. The number of hydrogen-bond donors (Lipinski definition) is 0. The predicted octanol–water partition coefficient (Wildman–Crippen LogP) is 8.12. The highest BCUT2D eigenvalue weighted by molar-refractivity contribution is 5.92. The first-order valence-electron chi connectivity index (χ1n) is 31.9. The van der Waals surface area contributed by atoms with Gasteiger partial charge in [0.05, 0.1) is 46.6 Å². The fraction of sp³-hybridized carbons (Fsp3) is 0.307. The van der Waals surface area contributed by atoms with E-state index in [0.717, 1.165) is 27.7 Å². The van der Waals surface area contributed by atoms with Crippen molar-refractivity contribution < 1.29 is 124 Å². The summed E-state index contributed by atoms with van der Waals surface area (Å²) in [5.74, 6) is -10.2. The van der Waals surface area contributed by atoms with Crippen LogP contribution in [0.1, 0.15) is 95.4 Å². The molecule has 3 aliphatic rings. The summed E-state index contributed by atoms with van der Waals surface area (Å²) < 4.78 is 101. The van der Waals surface area contributed by atoms with Crippen LogP contribution in [0.15, 0.2) is 212 Å². The summed E-state index contributed by atoms with van der Waals surface area (Å²) in [7, 11) is 0. The molecular weight excluding hydrogens is 1320 g/mol. The van der Waals surface area contributed by atoms with E-state index in [1.54, 1.807) is 115 Å². The van der Waals surface area contributed by atoms with Gasteiger partial charge in [0, 0.05) is 27.7 Å². The minimum absolute atomic E-state index is 0.0167. The molecule has 526 valence electrons. The van der Waals surface area contributed by atoms with Crippen LogP contribution in [0.25, 0.3) is 0 Å². The number of carbonyl (C=O) groups is 10. The standard InChI is InChI=1S/C75H70O26/c1-44(76)87-42-56-58(89-45(2)77)61(90-46(3)78)64(91-47(4)79)73(93-56)100-63-59(95-68(81)50-30-16-7-17-31-50)55(41-86-40-48-26-12-5-13-27-48)92-74(66(63)98-71(84)53-36-22-10-23-37-53)99-60-57(43-88-67(80)49-28-14-6-15-29-49)94-75(101-72(85)54-38-24-11-25-39-54)65(97-70(83)52-34-20-9-21-35-52)62(60)96-69(82)51-32-18-8-19-33-51/h5-39,55-66,73-75H,40-43H2,1-4H3/t55-,56-,57-,58+,59+,60-,61+,62+,63+,64-,65+,66-,73+,74+,75-/m1/s1. The molecule has 3 heterocycles. The van der Waals surface area contributed by atoms with Crippen molar-refractivity contribution in [2.75, 3.05) is 19.8 Å². The summed E-state index contributed by atoms with van der Waals surface area (Å²) in [4.78, 5) is 140. The Hall–Kier alpha value is -11.0. The normalized spacial score (nSPS) is 24.5. The summed E-state index contributed by atoms with van der Waals surface area (Å²) in [6.07, 6.45) is -29.7. The number of benzene rings is 7. The van der Waals surface area contributed by atoms with Crippen LogP contribution in [-0.2, 0) is 102 Å². The van der Waals surface area contributed by atoms with Gasteiger partial charge in [-0.25, -0.2) is 28.8 Å². The molecule has 0 radical (unpaired) electrons. The number of rotatable bonds is 26. The monoisotopic (exact) mass is 1390 g/mol. The fourth-order valence-corrected chi connectivity index (χ4v) is 11.2. The lowest BCUT2D eigenvalue weighted by atomic mass is 9.94. The summed E-state index contributed by atoms with van der Waals surface area (Å²) >= 11 is 0. The first-order chi connectivity index (χ1) is 48.9. The van der Waals surface area contributed by atoms with Crippen LogP contribution in [0.2, 0.25) is 0 Å². The maximum Gasteiger partial charge on any atom is 0.340 e. The number of ether oxygens (including phenoxy) is 16. The molecule has 0 unspecified atom stereocenters. The molecule has 101 heavy (non-hydrogen) atoms. The molecule has 7 aromatic carbocycles. The lowest BCUT2D eigenvalue weighted by molar-refractivity contribution is -0.377. The number of hydrogen-bond acceptors (Lipinski definition) is 26. The first-order valence-corrected chi connectivity index (χ1v) is 31.9. The fourth-order valence-electron chi connectivity index (χ4n) is 11.2. The van der Waals surface area contributed by atoms with Crippen LogP contribution < -0.4 is 0 Å². The molecule has 0 aromatic heterocycles. The molecule has 3 fully saturated rings. The first kappa shape index (κ1) is 72.7. The molecule has 3 saturated heterocycles. The van der Waals surface area contributed by atoms with Gasteiger partial charge in [0.15, 0.2) is 49.2 Å². The van der Waals surface area contributed by atoms with Crippen molar-refractivity contribution in [2.45, 2.75) is 126 Å². The van der Waals surface area contributed by atoms with Gasteiger partial charge >= 0.3 is 59.7 Å². The zero-order chi connectivity index (χ0) is 71.4. The maximum absolute atomic E-state index is 15.2. The third kappa shape index (κ3) is 19.7. The SMILES string of the molecule is CC(=O)OC[C@H]1O[C@@H](O[C@H]2[C@@H](OC(=O)c3ccccc3)[C@@H](COCc3ccccc3)O[C@@H](O[C@H]3[C@H](OC(=O)c4ccccc4)[C@H](OC(=O)c4ccccc4)[C@@H](OC(=O)c4ccccc4)O[C@@H]3COC(=O)c3ccccc3)[C@@H]2OC(=O)c2ccccc2)[C@H](OC(C)=O)[C@@H](OC(C)=O)[C@H]1OC(C)=O. The molecule has 0 spiro atoms. The third-order valence-electron chi connectivity index (χ3n) is 15.7. The third-order valence-corrected chi connectivity index (χ3v) is 15.7. The molecule has 7 aromatic rings. The second-order valence-electron chi connectivity index (χ2n) is 23.0. The van der Waals surface area contributed by atoms with Gasteiger partial charge in [0.1, 0.15) is 43.7 Å². The summed E-state index contributed by atoms with van der Waals surface area (Å²) in [6.45, 7) is 1.74. The van der Waals surface area contributed by atoms with E-state index in [-0.39, 0.29) is 40.0 Å². The minimum atomic E-state index is -2.23. The van der Waals surface area contributed by atoms with Crippen LogP contribution in [0.5, 0.6) is 0 Å². The van der Waals surface area contributed by atoms with Crippen LogP contribution in [0.3, 0.4) is 0 Å². The van der Waals surface area contributed by atoms with Crippen molar-refractivity contribution in [3.8, 4) is 0 Å². The van der Waals surface area contributed by atoms with E-state index in [9.17, 15) is 43.2 Å². The Morgan fingerprint density at radius 1 is 0.267 bits per heavy atom. The summed E-state index contributed by atoms with van der Waals surface area (Å²) in [5, 5.41) is 0. The second-order valence-corrected chi connectivity index (χ2v) is 23.0. The number of carbonyl (C=O) groups excluding carboxylic acids is 10. The molecule has 0 N–H and O–H groups in total. The Balaban J connectivity index is 1.19. The number of esters is 10. The molecule has 0 amide bonds. The van der Waals surface area contributed by atoms with Crippen LogP contribution in [0, 0.1) is 0 Å². The zero-order valence-corrected chi connectivity index (χ0v) is 54.8. The molecule has 0 saturated carbocycles. The molecule has 0 bridgehead atoms. The molecule has 10 rings (SSSR count). The maximum atomic E-state index is 15.2. The van der Waals surface area contributed by atoms with E-state index < -0.39 is 172 Å². The van der Waals surface area contributed by atoms with Crippen molar-refractivity contribution in [3.05, 3.63) is 251 Å². The van der Waals surface area contributed by atoms with E-state index in [4.69, 9.17) is 75.8 Å². The Kier molecular flexibility index (Phi) is 25.3. The van der Waals surface area contributed by atoms with Crippen molar-refractivity contribution in [1.29, 1.82) is 0 Å². The Labute approximate surface area is 578 Å². The smallest absolute Gasteiger partial charge is 0.340 e. The average molecular weight is 1390 g/mol. The molecule has 3 aliphatic heterocycles. The van der Waals surface area contributed by atoms with Gasteiger partial charge in [-0.3, -0.25) is 19.2 Å². The Morgan fingerprint density at radius 3 is 0.980 bits per heavy atom. The van der Waals surface area contributed by atoms with Gasteiger partial charge in [0.2, 0.25) is 12.4 Å². The van der Waals surface area contributed by atoms with Crippen LogP contribution in [-0.4, -0.2) is 172 Å². The lowest BCUT2D eigenvalue weighted by Crippen LogP contribution is -2.69. The van der Waals surface area contributed by atoms with Crippen LogP contribution in [0.4, 0.5) is 0 Å². The van der Waals surface area contributed by atoms with E-state index in [1.807, 2.05) is 0 Å². The van der Waals surface area contributed by atoms with Gasteiger partial charge in [0.25, 0.3) is 0 Å². The van der Waals surface area contributed by atoms with Gasteiger partial charge in [-0.1, -0.05) is 140 Å². The zero-order valence-electron chi connectivity index (χ0n) is 54.8. The van der Waals surface area contributed by atoms with Gasteiger partial charge < -0.3 is 75.8 Å². The molecule has 26 heteroatoms. The van der Waals surface area contributed by atoms with Crippen molar-refractivity contribution in [1.82, 2.24) is 0 Å². The predicted molar refractivity (Wildman–Crippen MR) is 346 cm³/mol. The van der Waals surface area contributed by atoms with Crippen molar-refractivity contribution >= 4 is 59.7 Å². The summed E-state index contributed by atoms with van der Waals surface area (Å²) in [6, 6.07) is 54.2. The largest absolute Gasteiger partial charge is 0.463 e. The van der Waals surface area contributed by atoms with Crippen molar-refractivity contribution in [2.24, 2.45) is 0 Å². The van der Waals surface area contributed by atoms with Gasteiger partial charge in [-0.05, 0) is 78.4 Å². The van der Waals surface area contributed by atoms with E-state index in [1.165, 1.54) is 97.1 Å². The summed E-state index contributed by atoms with van der Waals surface area (Å²) in [5.41, 5.74) is 0.407. The molecule has 26 nitrogen and oxygen atoms in total. The Morgan fingerprint density at radius 2 is 0.554 bits per heavy atom. The molecular formula is C75H70O26. The van der Waals surface area contributed by atoms with Gasteiger partial charge in [-0.2, -0.15) is 0 Å².